The molecular weight excluding hydrogens is 464 g/mol. The van der Waals surface area contributed by atoms with Crippen molar-refractivity contribution >= 4 is 27.7 Å². The molecule has 3 aromatic carbocycles. The third kappa shape index (κ3) is 6.75. The Bertz CT molecular complexity index is 1030. The van der Waals surface area contributed by atoms with E-state index in [0.29, 0.717) is 17.2 Å². The highest BCUT2D eigenvalue weighted by molar-refractivity contribution is 9.10. The van der Waals surface area contributed by atoms with Crippen LogP contribution in [0.5, 0.6) is 17.2 Å². The van der Waals surface area contributed by atoms with Gasteiger partial charge in [0.25, 0.3) is 11.8 Å². The van der Waals surface area contributed by atoms with E-state index in [2.05, 4.69) is 26.8 Å². The lowest BCUT2D eigenvalue weighted by atomic mass is 10.1. The van der Waals surface area contributed by atoms with Crippen molar-refractivity contribution in [1.82, 2.24) is 10.9 Å². The maximum atomic E-state index is 11.9. The summed E-state index contributed by atoms with van der Waals surface area (Å²) in [7, 11) is 1.56. The third-order valence-electron chi connectivity index (χ3n) is 4.17. The number of carbonyl (C=O) groups excluding carboxylic acids is 2. The Hall–Kier alpha value is -3.52. The molecule has 0 bridgehead atoms. The largest absolute Gasteiger partial charge is 0.497 e. The average Bonchev–Trinajstić information content (AvgIpc) is 2.81. The SMILES string of the molecule is COc1ccc(OCC(=O)NNC(=O)COc2ccc(-c3ccccc3)cc2Br)cc1. The van der Waals surface area contributed by atoms with Gasteiger partial charge in [0, 0.05) is 0 Å². The smallest absolute Gasteiger partial charge is 0.276 e. The number of halogens is 1. The van der Waals surface area contributed by atoms with Crippen LogP contribution in [0.3, 0.4) is 0 Å². The number of hydrogen-bond donors (Lipinski definition) is 2. The number of carbonyl (C=O) groups is 2. The van der Waals surface area contributed by atoms with Gasteiger partial charge in [-0.3, -0.25) is 20.4 Å². The summed E-state index contributed by atoms with van der Waals surface area (Å²) in [6.07, 6.45) is 0. The monoisotopic (exact) mass is 484 g/mol. The second-order valence-corrected chi connectivity index (χ2v) is 7.21. The van der Waals surface area contributed by atoms with Crippen LogP contribution in [-0.4, -0.2) is 32.1 Å². The number of methoxy groups -OCH3 is 1. The van der Waals surface area contributed by atoms with Crippen molar-refractivity contribution < 1.29 is 23.8 Å². The first-order valence-corrected chi connectivity index (χ1v) is 10.2. The molecule has 0 unspecified atom stereocenters. The minimum absolute atomic E-state index is 0.250. The molecule has 3 aromatic rings. The van der Waals surface area contributed by atoms with E-state index in [1.165, 1.54) is 0 Å². The van der Waals surface area contributed by atoms with Gasteiger partial charge in [0.05, 0.1) is 11.6 Å². The molecule has 160 valence electrons. The van der Waals surface area contributed by atoms with Crippen LogP contribution in [0.2, 0.25) is 0 Å². The first-order valence-electron chi connectivity index (χ1n) is 9.37. The van der Waals surface area contributed by atoms with E-state index in [-0.39, 0.29) is 13.2 Å². The molecule has 0 aromatic heterocycles. The number of nitrogens with one attached hydrogen (secondary N) is 2. The van der Waals surface area contributed by atoms with Crippen LogP contribution in [0.4, 0.5) is 0 Å². The first-order chi connectivity index (χ1) is 15.0. The number of ether oxygens (including phenoxy) is 3. The number of hydrazine groups is 1. The number of hydrogen-bond acceptors (Lipinski definition) is 5. The number of benzene rings is 3. The van der Waals surface area contributed by atoms with E-state index < -0.39 is 11.8 Å². The van der Waals surface area contributed by atoms with E-state index in [1.54, 1.807) is 37.4 Å². The fourth-order valence-corrected chi connectivity index (χ4v) is 3.10. The summed E-state index contributed by atoms with van der Waals surface area (Å²) in [6.45, 7) is -0.511. The molecule has 3 rings (SSSR count). The molecule has 2 N–H and O–H groups in total. The predicted octanol–water partition coefficient (Wildman–Crippen LogP) is 3.73. The molecule has 7 nitrogen and oxygen atoms in total. The maximum absolute atomic E-state index is 11.9. The van der Waals surface area contributed by atoms with Crippen LogP contribution in [-0.2, 0) is 9.59 Å². The lowest BCUT2D eigenvalue weighted by molar-refractivity contribution is -0.131. The van der Waals surface area contributed by atoms with Gasteiger partial charge in [-0.05, 0) is 63.5 Å². The summed E-state index contributed by atoms with van der Waals surface area (Å²) in [5.74, 6) is 0.707. The molecule has 2 amide bonds. The predicted molar refractivity (Wildman–Crippen MR) is 120 cm³/mol. The highest BCUT2D eigenvalue weighted by atomic mass is 79.9. The van der Waals surface area contributed by atoms with Gasteiger partial charge < -0.3 is 14.2 Å². The van der Waals surface area contributed by atoms with Crippen LogP contribution in [0.25, 0.3) is 11.1 Å². The quantitative estimate of drug-likeness (QED) is 0.475. The van der Waals surface area contributed by atoms with Crippen molar-refractivity contribution in [2.24, 2.45) is 0 Å². The van der Waals surface area contributed by atoms with Crippen LogP contribution < -0.4 is 25.1 Å². The fourth-order valence-electron chi connectivity index (χ4n) is 2.60. The second kappa shape index (κ2) is 11.0. The average molecular weight is 485 g/mol. The zero-order valence-electron chi connectivity index (χ0n) is 16.8. The minimum atomic E-state index is -0.503. The van der Waals surface area contributed by atoms with Gasteiger partial charge in [-0.25, -0.2) is 0 Å². The van der Waals surface area contributed by atoms with E-state index in [0.717, 1.165) is 15.6 Å². The van der Waals surface area contributed by atoms with Gasteiger partial charge in [0.2, 0.25) is 0 Å². The van der Waals surface area contributed by atoms with Gasteiger partial charge in [0.15, 0.2) is 13.2 Å². The lowest BCUT2D eigenvalue weighted by Gasteiger charge is -2.11. The third-order valence-corrected chi connectivity index (χ3v) is 4.79. The summed E-state index contributed by atoms with van der Waals surface area (Å²) in [4.78, 5) is 23.8. The van der Waals surface area contributed by atoms with Gasteiger partial charge in [-0.2, -0.15) is 0 Å². The molecule has 0 aliphatic heterocycles. The first kappa shape index (κ1) is 22.2. The Morgan fingerprint density at radius 1 is 0.774 bits per heavy atom. The van der Waals surface area contributed by atoms with Gasteiger partial charge in [-0.1, -0.05) is 36.4 Å². The molecule has 0 atom stereocenters. The highest BCUT2D eigenvalue weighted by Gasteiger charge is 2.09. The standard InChI is InChI=1S/C23H21BrN2O5/c1-29-18-8-10-19(11-9-18)30-14-22(27)25-26-23(28)15-31-21-12-7-17(13-20(21)24)16-5-3-2-4-6-16/h2-13H,14-15H2,1H3,(H,25,27)(H,26,28). The normalized spacial score (nSPS) is 10.1. The molecule has 0 heterocycles. The Morgan fingerprint density at radius 3 is 2.00 bits per heavy atom. The molecule has 0 radical (unpaired) electrons. The zero-order valence-corrected chi connectivity index (χ0v) is 18.3. The number of amides is 2. The van der Waals surface area contributed by atoms with Crippen LogP contribution in [0.15, 0.2) is 77.3 Å². The van der Waals surface area contributed by atoms with Crippen molar-refractivity contribution in [3.63, 3.8) is 0 Å². The highest BCUT2D eigenvalue weighted by Crippen LogP contribution is 2.30. The summed E-state index contributed by atoms with van der Waals surface area (Å²) in [5.41, 5.74) is 6.66. The van der Waals surface area contributed by atoms with Crippen LogP contribution in [0, 0.1) is 0 Å². The van der Waals surface area contributed by atoms with E-state index in [4.69, 9.17) is 14.2 Å². The van der Waals surface area contributed by atoms with E-state index >= 15 is 0 Å². The number of rotatable bonds is 8. The van der Waals surface area contributed by atoms with Crippen molar-refractivity contribution in [3.8, 4) is 28.4 Å². The van der Waals surface area contributed by atoms with Crippen molar-refractivity contribution in [2.75, 3.05) is 20.3 Å². The van der Waals surface area contributed by atoms with Crippen LogP contribution >= 0.6 is 15.9 Å². The molecular formula is C23H21BrN2O5. The fraction of sp³-hybridized carbons (Fsp3) is 0.130. The van der Waals surface area contributed by atoms with Crippen molar-refractivity contribution in [1.29, 1.82) is 0 Å². The second-order valence-electron chi connectivity index (χ2n) is 6.36. The van der Waals surface area contributed by atoms with Crippen LogP contribution in [0.1, 0.15) is 0 Å². The molecule has 0 aliphatic carbocycles. The summed E-state index contributed by atoms with van der Waals surface area (Å²) in [5, 5.41) is 0. The minimum Gasteiger partial charge on any atom is -0.497 e. The topological polar surface area (TPSA) is 85.9 Å². The Kier molecular flexibility index (Phi) is 7.89. The van der Waals surface area contributed by atoms with Crippen molar-refractivity contribution in [2.45, 2.75) is 0 Å². The lowest BCUT2D eigenvalue weighted by Crippen LogP contribution is -2.45. The maximum Gasteiger partial charge on any atom is 0.276 e. The summed E-state index contributed by atoms with van der Waals surface area (Å²) < 4.78 is 16.6. The molecule has 0 spiro atoms. The molecule has 31 heavy (non-hydrogen) atoms. The van der Waals surface area contributed by atoms with Crippen molar-refractivity contribution in [3.05, 3.63) is 77.3 Å². The molecule has 0 aliphatic rings. The Labute approximate surface area is 188 Å². The molecule has 0 saturated carbocycles. The van der Waals surface area contributed by atoms with E-state index in [1.807, 2.05) is 42.5 Å². The summed E-state index contributed by atoms with van der Waals surface area (Å²) in [6, 6.07) is 22.3. The van der Waals surface area contributed by atoms with Gasteiger partial charge in [-0.15, -0.1) is 0 Å². The summed E-state index contributed by atoms with van der Waals surface area (Å²) >= 11 is 3.46. The molecule has 8 heteroatoms. The Morgan fingerprint density at radius 2 is 1.39 bits per heavy atom. The Balaban J connectivity index is 1.41. The molecule has 0 fully saturated rings. The van der Waals surface area contributed by atoms with Gasteiger partial charge >= 0.3 is 0 Å². The zero-order chi connectivity index (χ0) is 22.1. The van der Waals surface area contributed by atoms with Gasteiger partial charge in [0.1, 0.15) is 17.2 Å². The molecule has 0 saturated heterocycles. The van der Waals surface area contributed by atoms with E-state index in [9.17, 15) is 9.59 Å².